The lowest BCUT2D eigenvalue weighted by Crippen LogP contribution is -2.60. The van der Waals surface area contributed by atoms with Gasteiger partial charge in [0.05, 0.1) is 39.9 Å². The fourth-order valence-corrected chi connectivity index (χ4v) is 10.3. The van der Waals surface area contributed by atoms with Crippen LogP contribution in [0.25, 0.3) is 0 Å². The summed E-state index contributed by atoms with van der Waals surface area (Å²) in [6.07, 6.45) is 4.76. The van der Waals surface area contributed by atoms with Gasteiger partial charge < -0.3 is 19.8 Å². The van der Waals surface area contributed by atoms with Crippen molar-refractivity contribution in [1.82, 2.24) is 4.90 Å². The predicted octanol–water partition coefficient (Wildman–Crippen LogP) is 5.82. The lowest BCUT2D eigenvalue weighted by atomic mass is 9.65. The molecule has 2 aromatic rings. The highest BCUT2D eigenvalue weighted by Crippen LogP contribution is 2.69. The second-order valence-electron chi connectivity index (χ2n) is 12.2. The Hall–Kier alpha value is -3.07. The number of carbonyl (C=O) groups excluding carboxylic acids is 3. The van der Waals surface area contributed by atoms with Gasteiger partial charge in [-0.05, 0) is 42.5 Å². The molecule has 2 aromatic carbocycles. The lowest BCUT2D eigenvalue weighted by molar-refractivity contribution is -0.143. The van der Waals surface area contributed by atoms with Crippen LogP contribution in [0.5, 0.6) is 0 Å². The molecule has 3 amide bonds. The molecule has 9 heteroatoms. The average Bonchev–Trinajstić information content (AvgIpc) is 3.63. The van der Waals surface area contributed by atoms with Crippen LogP contribution in [0.3, 0.4) is 0 Å². The lowest BCUT2D eigenvalue weighted by Gasteiger charge is -2.43. The van der Waals surface area contributed by atoms with Gasteiger partial charge in [0.15, 0.2) is 0 Å². The quantitative estimate of drug-likeness (QED) is 0.297. The monoisotopic (exact) mass is 635 g/mol. The molecule has 7 nitrogen and oxygen atoms in total. The number of hydrogen-bond acceptors (Lipinski definition) is 5. The van der Waals surface area contributed by atoms with Gasteiger partial charge in [-0.2, -0.15) is 0 Å². The number of fused-ring (bicyclic) bond motifs is 1. The third kappa shape index (κ3) is 5.09. The molecule has 234 valence electrons. The smallest absolute Gasteiger partial charge is 0.251 e. The predicted molar refractivity (Wildman–Crippen MR) is 179 cm³/mol. The zero-order valence-electron chi connectivity index (χ0n) is 25.6. The summed E-state index contributed by atoms with van der Waals surface area (Å²) in [6, 6.07) is 15.1. The maximum Gasteiger partial charge on any atom is 0.251 e. The molecule has 1 spiro atoms. The Kier molecular flexibility index (Phi) is 9.64. The van der Waals surface area contributed by atoms with Gasteiger partial charge in [0.2, 0.25) is 11.8 Å². The largest absolute Gasteiger partial charge is 0.394 e. The van der Waals surface area contributed by atoms with Crippen LogP contribution in [0.2, 0.25) is 5.02 Å². The van der Waals surface area contributed by atoms with E-state index in [2.05, 4.69) is 20.1 Å². The second kappa shape index (κ2) is 13.1. The first-order valence-electron chi connectivity index (χ1n) is 15.4. The van der Waals surface area contributed by atoms with Gasteiger partial charge in [-0.25, -0.2) is 0 Å². The molecule has 1 N–H and O–H groups in total. The van der Waals surface area contributed by atoms with Gasteiger partial charge in [0.25, 0.3) is 5.91 Å². The van der Waals surface area contributed by atoms with Gasteiger partial charge >= 0.3 is 0 Å². The molecule has 5 rings (SSSR count). The molecule has 2 bridgehead atoms. The standard InChI is InChI=1S/C35H42ClN3O4S/c1-6-18-37(24-14-10-9-11-15-24)32(41)29-28-20-23(5)35(44-28)30(29)33(42)39(27(21-40)22(4)8-3)31(35)34(43)38(19-7-2)26-17-13-12-16-25(26)36/h6-7,9-17,22-23,27-31,40H,1-2,8,18-21H2,3-5H3/t22-,23?,27-,28-,29+,30-,31?,35?/m0/s1. The number of amides is 3. The minimum Gasteiger partial charge on any atom is -0.394 e. The van der Waals surface area contributed by atoms with Crippen molar-refractivity contribution < 1.29 is 19.5 Å². The van der Waals surface area contributed by atoms with Crippen LogP contribution in [0, 0.1) is 23.7 Å². The summed E-state index contributed by atoms with van der Waals surface area (Å²) < 4.78 is -0.850. The normalized spacial score (nSPS) is 28.3. The Bertz CT molecular complexity index is 1420. The minimum absolute atomic E-state index is 0.0212. The Labute approximate surface area is 269 Å². The van der Waals surface area contributed by atoms with E-state index in [4.69, 9.17) is 11.6 Å². The molecule has 3 heterocycles. The Balaban J connectivity index is 1.66. The number of benzene rings is 2. The molecule has 3 aliphatic rings. The first kappa shape index (κ1) is 32.3. The highest BCUT2D eigenvalue weighted by atomic mass is 35.5. The number of thioether (sulfide) groups is 1. The van der Waals surface area contributed by atoms with Crippen molar-refractivity contribution in [3.8, 4) is 0 Å². The molecule has 0 aromatic heterocycles. The van der Waals surface area contributed by atoms with E-state index in [1.54, 1.807) is 50.7 Å². The summed E-state index contributed by atoms with van der Waals surface area (Å²) in [5.41, 5.74) is 1.28. The summed E-state index contributed by atoms with van der Waals surface area (Å²) in [5, 5.41) is 11.0. The van der Waals surface area contributed by atoms with E-state index in [0.29, 0.717) is 30.1 Å². The van der Waals surface area contributed by atoms with Crippen molar-refractivity contribution >= 4 is 52.5 Å². The van der Waals surface area contributed by atoms with Crippen LogP contribution < -0.4 is 9.80 Å². The number of aliphatic hydroxyl groups is 1. The Morgan fingerprint density at radius 2 is 1.73 bits per heavy atom. The number of rotatable bonds is 12. The van der Waals surface area contributed by atoms with Crippen LogP contribution >= 0.6 is 23.4 Å². The molecule has 3 unspecified atom stereocenters. The van der Waals surface area contributed by atoms with Gasteiger partial charge in [-0.3, -0.25) is 14.4 Å². The number of aliphatic hydroxyl groups excluding tert-OH is 1. The van der Waals surface area contributed by atoms with E-state index >= 15 is 4.79 Å². The van der Waals surface area contributed by atoms with Gasteiger partial charge in [0.1, 0.15) is 6.04 Å². The first-order valence-corrected chi connectivity index (χ1v) is 16.7. The van der Waals surface area contributed by atoms with Gasteiger partial charge in [0, 0.05) is 24.0 Å². The number of para-hydroxylation sites is 2. The SMILES string of the molecule is C=CCN(C(=O)[C@@H]1[C@@H]2CC(C)C3(S2)C(C(=O)N(CC=C)c2ccccc2Cl)N([C@@H](CO)[C@@H](C)CC)C(=O)[C@H]13)c1ccccc1. The Morgan fingerprint density at radius 1 is 1.09 bits per heavy atom. The van der Waals surface area contributed by atoms with Crippen molar-refractivity contribution in [2.24, 2.45) is 23.7 Å². The third-order valence-electron chi connectivity index (χ3n) is 9.91. The maximum atomic E-state index is 15.0. The first-order chi connectivity index (χ1) is 21.2. The fourth-order valence-electron chi connectivity index (χ4n) is 7.69. The topological polar surface area (TPSA) is 81.2 Å². The molecule has 3 fully saturated rings. The highest BCUT2D eigenvalue weighted by molar-refractivity contribution is 8.02. The van der Waals surface area contributed by atoms with E-state index in [9.17, 15) is 14.7 Å². The van der Waals surface area contributed by atoms with Crippen LogP contribution in [-0.4, -0.2) is 69.5 Å². The molecule has 8 atom stereocenters. The number of likely N-dealkylation sites (tertiary alicyclic amines) is 1. The summed E-state index contributed by atoms with van der Waals surface area (Å²) in [4.78, 5) is 49.4. The highest BCUT2D eigenvalue weighted by Gasteiger charge is 2.77. The summed E-state index contributed by atoms with van der Waals surface area (Å²) in [7, 11) is 0. The number of halogens is 1. The third-order valence-corrected chi connectivity index (χ3v) is 12.3. The molecule has 44 heavy (non-hydrogen) atoms. The van der Waals surface area contributed by atoms with Crippen LogP contribution in [0.1, 0.15) is 33.6 Å². The number of nitrogens with zero attached hydrogens (tertiary/aromatic N) is 3. The molecular formula is C35H42ClN3O4S. The van der Waals surface area contributed by atoms with Crippen LogP contribution in [-0.2, 0) is 14.4 Å². The summed E-state index contributed by atoms with van der Waals surface area (Å²) >= 11 is 8.25. The molecule has 3 saturated heterocycles. The zero-order chi connectivity index (χ0) is 31.8. The minimum atomic E-state index is -0.894. The molecule has 0 saturated carbocycles. The van der Waals surface area contributed by atoms with Crippen LogP contribution in [0.15, 0.2) is 79.9 Å². The van der Waals surface area contributed by atoms with E-state index in [1.807, 2.05) is 56.3 Å². The van der Waals surface area contributed by atoms with Crippen molar-refractivity contribution in [2.45, 2.75) is 55.7 Å². The van der Waals surface area contributed by atoms with Crippen molar-refractivity contribution in [3.05, 3.63) is 84.9 Å². The van der Waals surface area contributed by atoms with E-state index < -0.39 is 28.7 Å². The van der Waals surface area contributed by atoms with E-state index in [1.165, 1.54) is 0 Å². The maximum absolute atomic E-state index is 15.0. The fraction of sp³-hybridized carbons (Fsp3) is 0.457. The zero-order valence-corrected chi connectivity index (χ0v) is 27.2. The molecular weight excluding hydrogens is 594 g/mol. The van der Waals surface area contributed by atoms with Crippen molar-refractivity contribution in [3.63, 3.8) is 0 Å². The number of carbonyl (C=O) groups is 3. The van der Waals surface area contributed by atoms with E-state index in [0.717, 1.165) is 5.69 Å². The van der Waals surface area contributed by atoms with Crippen molar-refractivity contribution in [2.75, 3.05) is 29.5 Å². The molecule has 3 aliphatic heterocycles. The Morgan fingerprint density at radius 3 is 2.34 bits per heavy atom. The average molecular weight is 636 g/mol. The number of anilines is 2. The molecule has 0 radical (unpaired) electrons. The van der Waals surface area contributed by atoms with Crippen molar-refractivity contribution in [1.29, 1.82) is 0 Å². The molecule has 0 aliphatic carbocycles. The van der Waals surface area contributed by atoms with Crippen LogP contribution in [0.4, 0.5) is 11.4 Å². The van der Waals surface area contributed by atoms with Gasteiger partial charge in [-0.1, -0.05) is 81.3 Å². The summed E-state index contributed by atoms with van der Waals surface area (Å²) in [6.45, 7) is 14.1. The van der Waals surface area contributed by atoms with Gasteiger partial charge in [-0.15, -0.1) is 24.9 Å². The summed E-state index contributed by atoms with van der Waals surface area (Å²) in [5.74, 6) is -2.06. The van der Waals surface area contributed by atoms with E-state index in [-0.39, 0.29) is 48.0 Å². The second-order valence-corrected chi connectivity index (χ2v) is 14.2. The number of hydrogen-bond donors (Lipinski definition) is 1.